The zero-order valence-electron chi connectivity index (χ0n) is 11.5. The number of hydrogen-bond donors (Lipinski definition) is 3. The number of aliphatic carboxylic acids is 1. The lowest BCUT2D eigenvalue weighted by molar-refractivity contribution is -0.140. The van der Waals surface area contributed by atoms with E-state index in [0.717, 1.165) is 25.9 Å². The number of carboxylic acid groups (broad SMARTS) is 1. The number of hydrogen-bond acceptors (Lipinski definition) is 4. The van der Waals surface area contributed by atoms with Crippen LogP contribution in [0.15, 0.2) is 12.2 Å². The van der Waals surface area contributed by atoms with E-state index in [1.807, 2.05) is 0 Å². The van der Waals surface area contributed by atoms with Gasteiger partial charge in [-0.1, -0.05) is 12.2 Å². The van der Waals surface area contributed by atoms with Crippen LogP contribution in [0.5, 0.6) is 0 Å². The van der Waals surface area contributed by atoms with Crippen LogP contribution in [0, 0.1) is 5.92 Å². The Bertz CT molecular complexity index is 377. The van der Waals surface area contributed by atoms with E-state index >= 15 is 0 Å². The maximum atomic E-state index is 11.7. The summed E-state index contributed by atoms with van der Waals surface area (Å²) in [6, 6.07) is -0.164. The van der Waals surface area contributed by atoms with Crippen molar-refractivity contribution in [1.29, 1.82) is 0 Å². The van der Waals surface area contributed by atoms with Crippen molar-refractivity contribution >= 4 is 11.9 Å². The minimum absolute atomic E-state index is 0.0837. The van der Waals surface area contributed by atoms with E-state index in [1.165, 1.54) is 0 Å². The molecule has 20 heavy (non-hydrogen) atoms. The Hall–Kier alpha value is -1.40. The molecular weight excluding hydrogens is 260 g/mol. The highest BCUT2D eigenvalue weighted by Crippen LogP contribution is 2.18. The Kier molecular flexibility index (Phi) is 5.55. The summed E-state index contributed by atoms with van der Waals surface area (Å²) in [4.78, 5) is 22.5. The second kappa shape index (κ2) is 7.40. The van der Waals surface area contributed by atoms with Gasteiger partial charge in [-0.05, 0) is 32.4 Å². The molecule has 1 fully saturated rings. The topological polar surface area (TPSA) is 87.7 Å². The summed E-state index contributed by atoms with van der Waals surface area (Å²) < 4.78 is 5.66. The molecule has 2 unspecified atom stereocenters. The lowest BCUT2D eigenvalue weighted by Gasteiger charge is -2.22. The van der Waals surface area contributed by atoms with E-state index in [1.54, 1.807) is 12.2 Å². The zero-order chi connectivity index (χ0) is 14.4. The van der Waals surface area contributed by atoms with Crippen LogP contribution in [0.1, 0.15) is 25.7 Å². The largest absolute Gasteiger partial charge is 0.481 e. The highest BCUT2D eigenvalue weighted by molar-refractivity contribution is 5.77. The molecular formula is C14H22N2O4. The number of carbonyl (C=O) groups is 2. The summed E-state index contributed by atoms with van der Waals surface area (Å²) in [5.41, 5.74) is 0. The van der Waals surface area contributed by atoms with Gasteiger partial charge in [0, 0.05) is 12.5 Å². The fourth-order valence-electron chi connectivity index (χ4n) is 2.55. The fourth-order valence-corrected chi connectivity index (χ4v) is 2.55. The normalized spacial score (nSPS) is 26.6. The summed E-state index contributed by atoms with van der Waals surface area (Å²) in [5, 5.41) is 14.9. The fraction of sp³-hybridized carbons (Fsp3) is 0.714. The Morgan fingerprint density at radius 3 is 2.70 bits per heavy atom. The maximum Gasteiger partial charge on any atom is 0.310 e. The summed E-state index contributed by atoms with van der Waals surface area (Å²) >= 11 is 0. The van der Waals surface area contributed by atoms with Crippen LogP contribution in [0.25, 0.3) is 0 Å². The van der Waals surface area contributed by atoms with Gasteiger partial charge in [0.15, 0.2) is 0 Å². The molecule has 112 valence electrons. The molecule has 6 heteroatoms. The van der Waals surface area contributed by atoms with Gasteiger partial charge in [-0.25, -0.2) is 0 Å². The number of carbonyl (C=O) groups excluding carboxylic acids is 1. The Labute approximate surface area is 118 Å². The van der Waals surface area contributed by atoms with E-state index in [4.69, 9.17) is 9.84 Å². The molecule has 1 aliphatic heterocycles. The standard InChI is InChI=1S/C14H22N2O4/c17-13(5-8-20-12-3-6-15-7-4-12)16-11-2-1-10(9-11)14(18)19/h1-2,10-12,15H,3-9H2,(H,16,17)(H,18,19). The van der Waals surface area contributed by atoms with Crippen LogP contribution in [0.3, 0.4) is 0 Å². The smallest absolute Gasteiger partial charge is 0.310 e. The van der Waals surface area contributed by atoms with Gasteiger partial charge in [0.2, 0.25) is 5.91 Å². The third kappa shape index (κ3) is 4.61. The molecule has 0 spiro atoms. The molecule has 1 aliphatic carbocycles. The van der Waals surface area contributed by atoms with Gasteiger partial charge in [-0.15, -0.1) is 0 Å². The molecule has 2 atom stereocenters. The van der Waals surface area contributed by atoms with E-state index in [0.29, 0.717) is 19.4 Å². The summed E-state index contributed by atoms with van der Waals surface area (Å²) in [5.74, 6) is -1.40. The number of ether oxygens (including phenoxy) is 1. The van der Waals surface area contributed by atoms with Crippen molar-refractivity contribution in [2.45, 2.75) is 37.8 Å². The van der Waals surface area contributed by atoms with E-state index < -0.39 is 11.9 Å². The molecule has 3 N–H and O–H groups in total. The Balaban J connectivity index is 1.59. The SMILES string of the molecule is O=C(CCOC1CCNCC1)NC1C=CC(C(=O)O)C1. The van der Waals surface area contributed by atoms with Crippen LogP contribution in [0.4, 0.5) is 0 Å². The molecule has 0 aromatic heterocycles. The summed E-state index contributed by atoms with van der Waals surface area (Å²) in [7, 11) is 0. The van der Waals surface area contributed by atoms with Crippen LogP contribution >= 0.6 is 0 Å². The van der Waals surface area contributed by atoms with Crippen molar-refractivity contribution in [3.63, 3.8) is 0 Å². The van der Waals surface area contributed by atoms with Crippen molar-refractivity contribution in [3.8, 4) is 0 Å². The molecule has 2 aliphatic rings. The molecule has 2 rings (SSSR count). The van der Waals surface area contributed by atoms with Crippen LogP contribution in [0.2, 0.25) is 0 Å². The first-order chi connectivity index (χ1) is 9.65. The van der Waals surface area contributed by atoms with Gasteiger partial charge in [0.25, 0.3) is 0 Å². The van der Waals surface area contributed by atoms with E-state index in [2.05, 4.69) is 10.6 Å². The molecule has 0 bridgehead atoms. The van der Waals surface area contributed by atoms with Gasteiger partial charge >= 0.3 is 5.97 Å². The average molecular weight is 282 g/mol. The zero-order valence-corrected chi connectivity index (χ0v) is 11.5. The minimum Gasteiger partial charge on any atom is -0.481 e. The van der Waals surface area contributed by atoms with Crippen molar-refractivity contribution in [2.24, 2.45) is 5.92 Å². The highest BCUT2D eigenvalue weighted by Gasteiger charge is 2.25. The Morgan fingerprint density at radius 1 is 1.30 bits per heavy atom. The lowest BCUT2D eigenvalue weighted by Crippen LogP contribution is -2.35. The number of carboxylic acids is 1. The van der Waals surface area contributed by atoms with Crippen LogP contribution in [-0.2, 0) is 14.3 Å². The van der Waals surface area contributed by atoms with Crippen LogP contribution < -0.4 is 10.6 Å². The monoisotopic (exact) mass is 282 g/mol. The Morgan fingerprint density at radius 2 is 2.05 bits per heavy atom. The van der Waals surface area contributed by atoms with Gasteiger partial charge in [0.05, 0.1) is 18.6 Å². The summed E-state index contributed by atoms with van der Waals surface area (Å²) in [6.45, 7) is 2.37. The quantitative estimate of drug-likeness (QED) is 0.610. The van der Waals surface area contributed by atoms with E-state index in [-0.39, 0.29) is 18.1 Å². The minimum atomic E-state index is -0.841. The number of rotatable bonds is 6. The van der Waals surface area contributed by atoms with Gasteiger partial charge in [0.1, 0.15) is 0 Å². The molecule has 1 heterocycles. The average Bonchev–Trinajstić information content (AvgIpc) is 2.88. The second-order valence-electron chi connectivity index (χ2n) is 5.31. The van der Waals surface area contributed by atoms with Gasteiger partial charge in [-0.3, -0.25) is 9.59 Å². The molecule has 1 amide bonds. The first-order valence-corrected chi connectivity index (χ1v) is 7.18. The molecule has 0 radical (unpaired) electrons. The second-order valence-corrected chi connectivity index (χ2v) is 5.31. The van der Waals surface area contributed by atoms with Gasteiger partial charge < -0.3 is 20.5 Å². The predicted octanol–water partition coefficient (Wildman–Crippen LogP) is 0.291. The molecule has 1 saturated heterocycles. The van der Waals surface area contributed by atoms with Gasteiger partial charge in [-0.2, -0.15) is 0 Å². The third-order valence-corrected chi connectivity index (χ3v) is 3.72. The molecule has 0 aromatic carbocycles. The number of amides is 1. The predicted molar refractivity (Wildman–Crippen MR) is 73.3 cm³/mol. The van der Waals surface area contributed by atoms with Crippen molar-refractivity contribution in [1.82, 2.24) is 10.6 Å². The van der Waals surface area contributed by atoms with E-state index in [9.17, 15) is 9.59 Å². The third-order valence-electron chi connectivity index (χ3n) is 3.72. The lowest BCUT2D eigenvalue weighted by atomic mass is 10.1. The first-order valence-electron chi connectivity index (χ1n) is 7.18. The first kappa shape index (κ1) is 15.0. The molecule has 6 nitrogen and oxygen atoms in total. The van der Waals surface area contributed by atoms with Crippen molar-refractivity contribution in [3.05, 3.63) is 12.2 Å². The van der Waals surface area contributed by atoms with Crippen LogP contribution in [-0.4, -0.2) is 48.8 Å². The highest BCUT2D eigenvalue weighted by atomic mass is 16.5. The molecule has 0 saturated carbocycles. The maximum absolute atomic E-state index is 11.7. The number of piperidine rings is 1. The van der Waals surface area contributed by atoms with Crippen molar-refractivity contribution < 1.29 is 19.4 Å². The molecule has 0 aromatic rings. The summed E-state index contributed by atoms with van der Waals surface area (Å²) in [6.07, 6.45) is 6.40. The van der Waals surface area contributed by atoms with Crippen molar-refractivity contribution in [2.75, 3.05) is 19.7 Å². The number of nitrogens with one attached hydrogen (secondary N) is 2.